The van der Waals surface area contributed by atoms with Gasteiger partial charge in [-0.25, -0.2) is 13.8 Å². The number of amidine groups is 1. The maximum absolute atomic E-state index is 15.6. The Balaban J connectivity index is 0.00000616. The van der Waals surface area contributed by atoms with Crippen molar-refractivity contribution in [3.05, 3.63) is 77.0 Å². The molecule has 0 saturated carbocycles. The highest BCUT2D eigenvalue weighted by molar-refractivity contribution is 5.95. The number of esters is 1. The van der Waals surface area contributed by atoms with Crippen LogP contribution in [0.5, 0.6) is 5.75 Å². The average Bonchev–Trinajstić information content (AvgIpc) is 2.90. The predicted octanol–water partition coefficient (Wildman–Crippen LogP) is 2.25. The number of nitrogen functional groups attached to an aromatic ring is 2. The molecule has 0 aliphatic heterocycles. The Bertz CT molecular complexity index is 1470. The number of carbonyl (C=O) groups is 3. The van der Waals surface area contributed by atoms with E-state index < -0.39 is 47.4 Å². The Morgan fingerprint density at radius 2 is 1.71 bits per heavy atom. The van der Waals surface area contributed by atoms with Crippen LogP contribution in [0, 0.1) is 17.0 Å². The number of primary amides is 1. The first-order valence-corrected chi connectivity index (χ1v) is 12.1. The topological polar surface area (TPSA) is 206 Å². The number of hydrogen-bond donors (Lipinski definition) is 5. The molecule has 3 aromatic rings. The molecule has 12 nitrogen and oxygen atoms in total. The van der Waals surface area contributed by atoms with E-state index in [1.165, 1.54) is 43.5 Å². The molecule has 42 heavy (non-hydrogen) atoms. The van der Waals surface area contributed by atoms with Crippen molar-refractivity contribution in [3.63, 3.8) is 0 Å². The SMILES string of the molecule is CCO[C@@](OC(C)=O)(C(=O)NCc1ccc(C(=N)N)cc1OCC(N)=O)c1c(F)cc(-c2ccc(N)nc2)cc1F.Cl. The number of anilines is 1. The van der Waals surface area contributed by atoms with E-state index in [0.717, 1.165) is 19.1 Å². The van der Waals surface area contributed by atoms with Crippen LogP contribution in [-0.4, -0.2) is 41.8 Å². The summed E-state index contributed by atoms with van der Waals surface area (Å²) in [6.45, 7) is 1.22. The molecule has 3 rings (SSSR count). The van der Waals surface area contributed by atoms with Gasteiger partial charge < -0.3 is 36.7 Å². The lowest BCUT2D eigenvalue weighted by atomic mass is 9.98. The highest BCUT2D eigenvalue weighted by Crippen LogP contribution is 2.36. The third-order valence-corrected chi connectivity index (χ3v) is 5.61. The number of nitrogens with two attached hydrogens (primary N) is 3. The number of nitrogens with zero attached hydrogens (tertiary/aromatic N) is 1. The number of rotatable bonds is 12. The largest absolute Gasteiger partial charge is 0.483 e. The molecule has 224 valence electrons. The fraction of sp³-hybridized carbons (Fsp3) is 0.222. The molecule has 15 heteroatoms. The van der Waals surface area contributed by atoms with Crippen LogP contribution >= 0.6 is 12.4 Å². The van der Waals surface area contributed by atoms with Gasteiger partial charge in [0.25, 0.3) is 11.8 Å². The van der Waals surface area contributed by atoms with Crippen LogP contribution < -0.4 is 27.3 Å². The number of carbonyl (C=O) groups excluding carboxylic acids is 3. The smallest absolute Gasteiger partial charge is 0.326 e. The number of nitrogens with one attached hydrogen (secondary N) is 2. The van der Waals surface area contributed by atoms with E-state index >= 15 is 8.78 Å². The molecule has 0 radical (unpaired) electrons. The Morgan fingerprint density at radius 1 is 1.05 bits per heavy atom. The first-order valence-electron chi connectivity index (χ1n) is 12.1. The minimum atomic E-state index is -2.86. The first-order chi connectivity index (χ1) is 19.4. The summed E-state index contributed by atoms with van der Waals surface area (Å²) in [4.78, 5) is 40.8. The van der Waals surface area contributed by atoms with Gasteiger partial charge in [-0.2, -0.15) is 0 Å². The van der Waals surface area contributed by atoms with E-state index in [-0.39, 0.29) is 59.7 Å². The minimum Gasteiger partial charge on any atom is -0.483 e. The van der Waals surface area contributed by atoms with Crippen LogP contribution in [0.4, 0.5) is 14.6 Å². The molecule has 0 aliphatic rings. The number of halogens is 3. The molecule has 1 heterocycles. The zero-order valence-electron chi connectivity index (χ0n) is 22.5. The van der Waals surface area contributed by atoms with Crippen LogP contribution in [-0.2, 0) is 36.2 Å². The molecule has 2 aromatic carbocycles. The summed E-state index contributed by atoms with van der Waals surface area (Å²) >= 11 is 0. The van der Waals surface area contributed by atoms with Crippen molar-refractivity contribution in [1.82, 2.24) is 10.3 Å². The van der Waals surface area contributed by atoms with Gasteiger partial charge in [0.15, 0.2) is 6.61 Å². The van der Waals surface area contributed by atoms with Crippen molar-refractivity contribution < 1.29 is 37.4 Å². The van der Waals surface area contributed by atoms with Gasteiger partial charge in [0, 0.05) is 43.0 Å². The van der Waals surface area contributed by atoms with Gasteiger partial charge in [0.2, 0.25) is 0 Å². The van der Waals surface area contributed by atoms with Crippen LogP contribution in [0.15, 0.2) is 48.7 Å². The van der Waals surface area contributed by atoms with Crippen molar-refractivity contribution in [2.24, 2.45) is 11.5 Å². The Hall–Kier alpha value is -4.82. The van der Waals surface area contributed by atoms with E-state index in [0.29, 0.717) is 5.56 Å². The molecule has 1 aromatic heterocycles. The Morgan fingerprint density at radius 3 is 2.24 bits per heavy atom. The number of hydrogen-bond acceptors (Lipinski definition) is 9. The summed E-state index contributed by atoms with van der Waals surface area (Å²) in [6.07, 6.45) is 1.31. The summed E-state index contributed by atoms with van der Waals surface area (Å²) in [5, 5.41) is 10.0. The van der Waals surface area contributed by atoms with Crippen LogP contribution in [0.3, 0.4) is 0 Å². The second kappa shape index (κ2) is 14.2. The molecule has 8 N–H and O–H groups in total. The third-order valence-electron chi connectivity index (χ3n) is 5.61. The highest BCUT2D eigenvalue weighted by Gasteiger charge is 2.49. The number of aromatic nitrogens is 1. The normalized spacial score (nSPS) is 11.9. The van der Waals surface area contributed by atoms with Crippen LogP contribution in [0.2, 0.25) is 0 Å². The van der Waals surface area contributed by atoms with Crippen molar-refractivity contribution in [2.45, 2.75) is 26.2 Å². The van der Waals surface area contributed by atoms with Gasteiger partial charge in [-0.1, -0.05) is 12.1 Å². The molecule has 0 bridgehead atoms. The molecular weight excluding hydrogens is 578 g/mol. The van der Waals surface area contributed by atoms with E-state index in [4.69, 9.17) is 36.8 Å². The van der Waals surface area contributed by atoms with E-state index in [2.05, 4.69) is 10.3 Å². The van der Waals surface area contributed by atoms with Gasteiger partial charge in [0.05, 0.1) is 0 Å². The lowest BCUT2D eigenvalue weighted by Crippen LogP contribution is -2.50. The second-order valence-corrected chi connectivity index (χ2v) is 8.60. The highest BCUT2D eigenvalue weighted by atomic mass is 35.5. The Labute approximate surface area is 245 Å². The van der Waals surface area contributed by atoms with E-state index in [1.807, 2.05) is 0 Å². The second-order valence-electron chi connectivity index (χ2n) is 8.60. The average molecular weight is 607 g/mol. The number of pyridine rings is 1. The van der Waals surface area contributed by atoms with Crippen LogP contribution in [0.1, 0.15) is 30.5 Å². The maximum atomic E-state index is 15.6. The zero-order chi connectivity index (χ0) is 30.3. The van der Waals surface area contributed by atoms with Gasteiger partial charge in [-0.15, -0.1) is 12.4 Å². The summed E-state index contributed by atoms with van der Waals surface area (Å²) < 4.78 is 47.2. The fourth-order valence-electron chi connectivity index (χ4n) is 3.86. The standard InChI is InChI=1S/C27H28F2N6O6.ClH/c1-3-40-27(41-14(2)36,24-19(28)8-18(9-20(24)29)16-6-7-22(30)34-11-16)26(38)35-12-17-5-4-15(25(32)33)10-21(17)39-13-23(31)37;/h4-11H,3,12-13H2,1-2H3,(H2,30,34)(H2,31,37)(H3,32,33)(H,35,38);1H/t27-;/m0./s1. The third kappa shape index (κ3) is 7.67. The number of amides is 2. The summed E-state index contributed by atoms with van der Waals surface area (Å²) in [7, 11) is 0. The summed E-state index contributed by atoms with van der Waals surface area (Å²) in [5.74, 6) is -8.45. The summed E-state index contributed by atoms with van der Waals surface area (Å²) in [6, 6.07) is 9.06. The summed E-state index contributed by atoms with van der Waals surface area (Å²) in [5.41, 5.74) is 16.2. The van der Waals surface area contributed by atoms with E-state index in [9.17, 15) is 14.4 Å². The molecule has 0 fully saturated rings. The number of ether oxygens (including phenoxy) is 3. The predicted molar refractivity (Wildman–Crippen MR) is 150 cm³/mol. The number of benzene rings is 2. The molecular formula is C27H29ClF2N6O6. The molecule has 2 amide bonds. The van der Waals surface area contributed by atoms with Gasteiger partial charge in [0.1, 0.15) is 34.6 Å². The van der Waals surface area contributed by atoms with E-state index in [1.54, 1.807) is 0 Å². The molecule has 0 spiro atoms. The minimum absolute atomic E-state index is 0. The van der Waals surface area contributed by atoms with Crippen LogP contribution in [0.25, 0.3) is 11.1 Å². The molecule has 0 aliphatic carbocycles. The van der Waals surface area contributed by atoms with Crippen molar-refractivity contribution in [2.75, 3.05) is 18.9 Å². The lowest BCUT2D eigenvalue weighted by Gasteiger charge is -2.32. The first kappa shape index (κ1) is 33.4. The lowest BCUT2D eigenvalue weighted by molar-refractivity contribution is -0.233. The van der Waals surface area contributed by atoms with Crippen molar-refractivity contribution in [1.29, 1.82) is 5.41 Å². The maximum Gasteiger partial charge on any atom is 0.326 e. The zero-order valence-corrected chi connectivity index (χ0v) is 23.3. The Kier molecular flexibility index (Phi) is 11.3. The molecule has 1 atom stereocenters. The van der Waals surface area contributed by atoms with Gasteiger partial charge in [-0.05, 0) is 42.8 Å². The van der Waals surface area contributed by atoms with Crippen molar-refractivity contribution >= 4 is 41.8 Å². The van der Waals surface area contributed by atoms with Gasteiger partial charge >= 0.3 is 11.8 Å². The monoisotopic (exact) mass is 606 g/mol. The fourth-order valence-corrected chi connectivity index (χ4v) is 3.86. The molecule has 0 saturated heterocycles. The quantitative estimate of drug-likeness (QED) is 0.0885. The molecule has 0 unspecified atom stereocenters. The van der Waals surface area contributed by atoms with Crippen molar-refractivity contribution in [3.8, 4) is 16.9 Å². The van der Waals surface area contributed by atoms with Gasteiger partial charge in [-0.3, -0.25) is 19.8 Å².